The first-order valence-corrected chi connectivity index (χ1v) is 7.15. The topological polar surface area (TPSA) is 34.2 Å². The van der Waals surface area contributed by atoms with Gasteiger partial charge in [-0.3, -0.25) is 0 Å². The Bertz CT molecular complexity index is 375. The Labute approximate surface area is 110 Å². The molecule has 0 spiro atoms. The first-order chi connectivity index (χ1) is 8.81. The number of pyridine rings is 1. The number of rotatable bonds is 8. The first-order valence-electron chi connectivity index (χ1n) is 7.15. The molecule has 1 aliphatic carbocycles. The Morgan fingerprint density at radius 2 is 2.17 bits per heavy atom. The summed E-state index contributed by atoms with van der Waals surface area (Å²) in [5.41, 5.74) is 2.40. The highest BCUT2D eigenvalue weighted by Crippen LogP contribution is 2.29. The second-order valence-corrected chi connectivity index (χ2v) is 5.09. The minimum absolute atomic E-state index is 0.777. The molecule has 18 heavy (non-hydrogen) atoms. The van der Waals surface area contributed by atoms with Crippen molar-refractivity contribution in [2.75, 3.05) is 13.2 Å². The molecular weight excluding hydrogens is 224 g/mol. The molecule has 0 unspecified atom stereocenters. The summed E-state index contributed by atoms with van der Waals surface area (Å²) < 4.78 is 5.78. The van der Waals surface area contributed by atoms with Crippen molar-refractivity contribution in [1.29, 1.82) is 0 Å². The van der Waals surface area contributed by atoms with E-state index >= 15 is 0 Å². The lowest BCUT2D eigenvalue weighted by Gasteiger charge is -2.10. The smallest absolute Gasteiger partial charge is 0.213 e. The molecule has 0 radical (unpaired) electrons. The molecule has 1 aromatic rings. The second kappa shape index (κ2) is 6.74. The highest BCUT2D eigenvalue weighted by molar-refractivity contribution is 5.25. The van der Waals surface area contributed by atoms with Crippen LogP contribution in [0.15, 0.2) is 12.1 Å². The van der Waals surface area contributed by atoms with Crippen LogP contribution in [0.25, 0.3) is 0 Å². The van der Waals surface area contributed by atoms with E-state index in [0.717, 1.165) is 50.0 Å². The van der Waals surface area contributed by atoms with Crippen molar-refractivity contribution in [1.82, 2.24) is 10.3 Å². The maximum Gasteiger partial charge on any atom is 0.213 e. The van der Waals surface area contributed by atoms with Crippen molar-refractivity contribution in [3.8, 4) is 5.88 Å². The molecule has 3 nitrogen and oxygen atoms in total. The van der Waals surface area contributed by atoms with Crippen LogP contribution in [0.5, 0.6) is 5.88 Å². The average Bonchev–Trinajstić information content (AvgIpc) is 3.20. The molecule has 100 valence electrons. The number of hydrogen-bond donors (Lipinski definition) is 1. The van der Waals surface area contributed by atoms with Crippen LogP contribution in [0.4, 0.5) is 0 Å². The molecule has 1 fully saturated rings. The van der Waals surface area contributed by atoms with E-state index in [4.69, 9.17) is 4.74 Å². The molecule has 0 bridgehead atoms. The summed E-state index contributed by atoms with van der Waals surface area (Å²) in [6.07, 6.45) is 4.76. The van der Waals surface area contributed by atoms with Gasteiger partial charge in [-0.25, -0.2) is 4.98 Å². The molecule has 1 saturated carbocycles. The zero-order valence-electron chi connectivity index (χ0n) is 11.5. The average molecular weight is 248 g/mol. The van der Waals surface area contributed by atoms with E-state index in [9.17, 15) is 0 Å². The van der Waals surface area contributed by atoms with Gasteiger partial charge >= 0.3 is 0 Å². The third kappa shape index (κ3) is 4.30. The van der Waals surface area contributed by atoms with Crippen LogP contribution in [0.2, 0.25) is 0 Å². The van der Waals surface area contributed by atoms with Crippen LogP contribution >= 0.6 is 0 Å². The predicted molar refractivity (Wildman–Crippen MR) is 73.8 cm³/mol. The summed E-state index contributed by atoms with van der Waals surface area (Å²) >= 11 is 0. The van der Waals surface area contributed by atoms with Gasteiger partial charge in [0.2, 0.25) is 5.88 Å². The van der Waals surface area contributed by atoms with Gasteiger partial charge in [-0.05, 0) is 49.8 Å². The summed E-state index contributed by atoms with van der Waals surface area (Å²) in [6, 6.07) is 4.25. The van der Waals surface area contributed by atoms with Gasteiger partial charge < -0.3 is 10.1 Å². The fraction of sp³-hybridized carbons (Fsp3) is 0.667. The zero-order chi connectivity index (χ0) is 12.8. The molecular formula is C15H24N2O. The highest BCUT2D eigenvalue weighted by atomic mass is 16.5. The van der Waals surface area contributed by atoms with Crippen molar-refractivity contribution in [2.45, 2.75) is 46.1 Å². The molecule has 0 aromatic carbocycles. The van der Waals surface area contributed by atoms with Gasteiger partial charge in [-0.15, -0.1) is 0 Å². The predicted octanol–water partition coefficient (Wildman–Crippen LogP) is 2.93. The standard InChI is InChI=1S/C15H24N2O/c1-3-7-16-10-13-8-14(4-2)17-15(9-13)18-11-12-5-6-12/h8-9,12,16H,3-7,10-11H2,1-2H3. The van der Waals surface area contributed by atoms with E-state index in [0.29, 0.717) is 0 Å². The minimum Gasteiger partial charge on any atom is -0.477 e. The monoisotopic (exact) mass is 248 g/mol. The van der Waals surface area contributed by atoms with E-state index in [-0.39, 0.29) is 0 Å². The molecule has 3 heteroatoms. The Kier molecular flexibility index (Phi) is 5.00. The van der Waals surface area contributed by atoms with Crippen LogP contribution in [0, 0.1) is 5.92 Å². The lowest BCUT2D eigenvalue weighted by molar-refractivity contribution is 0.287. The Morgan fingerprint density at radius 1 is 1.33 bits per heavy atom. The molecule has 0 aliphatic heterocycles. The van der Waals surface area contributed by atoms with Crippen LogP contribution in [0.1, 0.15) is 44.4 Å². The molecule has 1 heterocycles. The highest BCUT2D eigenvalue weighted by Gasteiger charge is 2.22. The SMILES string of the molecule is CCCNCc1cc(CC)nc(OCC2CC2)c1. The van der Waals surface area contributed by atoms with Gasteiger partial charge in [0.1, 0.15) is 0 Å². The summed E-state index contributed by atoms with van der Waals surface area (Å²) in [5, 5.41) is 3.42. The maximum atomic E-state index is 5.78. The van der Waals surface area contributed by atoms with E-state index < -0.39 is 0 Å². The van der Waals surface area contributed by atoms with Crippen LogP contribution < -0.4 is 10.1 Å². The van der Waals surface area contributed by atoms with Crippen LogP contribution in [0.3, 0.4) is 0 Å². The summed E-state index contributed by atoms with van der Waals surface area (Å²) in [7, 11) is 0. The largest absolute Gasteiger partial charge is 0.477 e. The first kappa shape index (κ1) is 13.3. The van der Waals surface area contributed by atoms with Crippen molar-refractivity contribution >= 4 is 0 Å². The second-order valence-electron chi connectivity index (χ2n) is 5.09. The Morgan fingerprint density at radius 3 is 2.83 bits per heavy atom. The third-order valence-corrected chi connectivity index (χ3v) is 3.20. The lowest BCUT2D eigenvalue weighted by Crippen LogP contribution is -2.14. The number of hydrogen-bond acceptors (Lipinski definition) is 3. The summed E-state index contributed by atoms with van der Waals surface area (Å²) in [4.78, 5) is 4.53. The van der Waals surface area contributed by atoms with E-state index in [1.165, 1.54) is 18.4 Å². The van der Waals surface area contributed by atoms with Gasteiger partial charge in [-0.2, -0.15) is 0 Å². The number of aryl methyl sites for hydroxylation is 1. The van der Waals surface area contributed by atoms with Crippen molar-refractivity contribution in [3.63, 3.8) is 0 Å². The number of nitrogens with one attached hydrogen (secondary N) is 1. The van der Waals surface area contributed by atoms with E-state index in [2.05, 4.69) is 36.3 Å². The molecule has 1 aromatic heterocycles. The van der Waals surface area contributed by atoms with Crippen molar-refractivity contribution < 1.29 is 4.74 Å². The van der Waals surface area contributed by atoms with Crippen molar-refractivity contribution in [3.05, 3.63) is 23.4 Å². The van der Waals surface area contributed by atoms with Gasteiger partial charge in [0.25, 0.3) is 0 Å². The van der Waals surface area contributed by atoms with Gasteiger partial charge in [0, 0.05) is 18.3 Å². The number of aromatic nitrogens is 1. The maximum absolute atomic E-state index is 5.78. The molecule has 0 atom stereocenters. The molecule has 1 N–H and O–H groups in total. The Hall–Kier alpha value is -1.09. The zero-order valence-corrected chi connectivity index (χ0v) is 11.5. The molecule has 2 rings (SSSR count). The van der Waals surface area contributed by atoms with Gasteiger partial charge in [0.05, 0.1) is 6.61 Å². The molecule has 0 amide bonds. The number of nitrogens with zero attached hydrogens (tertiary/aromatic N) is 1. The summed E-state index contributed by atoms with van der Waals surface area (Å²) in [5.74, 6) is 1.58. The minimum atomic E-state index is 0.777. The third-order valence-electron chi connectivity index (χ3n) is 3.20. The fourth-order valence-electron chi connectivity index (χ4n) is 1.87. The van der Waals surface area contributed by atoms with E-state index in [1.807, 2.05) is 0 Å². The molecule has 1 aliphatic rings. The van der Waals surface area contributed by atoms with Gasteiger partial charge in [0.15, 0.2) is 0 Å². The Balaban J connectivity index is 1.95. The quantitative estimate of drug-likeness (QED) is 0.718. The lowest BCUT2D eigenvalue weighted by atomic mass is 10.2. The van der Waals surface area contributed by atoms with Crippen LogP contribution in [-0.2, 0) is 13.0 Å². The normalized spacial score (nSPS) is 14.8. The van der Waals surface area contributed by atoms with E-state index in [1.54, 1.807) is 0 Å². The van der Waals surface area contributed by atoms with Crippen molar-refractivity contribution in [2.24, 2.45) is 5.92 Å². The summed E-state index contributed by atoms with van der Waals surface area (Å²) in [6.45, 7) is 7.12. The molecule has 0 saturated heterocycles. The number of ether oxygens (including phenoxy) is 1. The van der Waals surface area contributed by atoms with Gasteiger partial charge in [-0.1, -0.05) is 13.8 Å². The van der Waals surface area contributed by atoms with Crippen LogP contribution in [-0.4, -0.2) is 18.1 Å². The fourth-order valence-corrected chi connectivity index (χ4v) is 1.87.